The van der Waals surface area contributed by atoms with Gasteiger partial charge in [-0.2, -0.15) is 4.98 Å². The Morgan fingerprint density at radius 1 is 1.10 bits per heavy atom. The lowest BCUT2D eigenvalue weighted by Gasteiger charge is -2.12. The molecule has 1 aliphatic heterocycles. The maximum absolute atomic E-state index is 13.2. The van der Waals surface area contributed by atoms with E-state index in [9.17, 15) is 4.79 Å². The molecule has 0 atom stereocenters. The van der Waals surface area contributed by atoms with E-state index in [0.717, 1.165) is 18.4 Å². The molecule has 158 valence electrons. The zero-order valence-corrected chi connectivity index (χ0v) is 17.7. The highest BCUT2D eigenvalue weighted by Crippen LogP contribution is 2.35. The predicted molar refractivity (Wildman–Crippen MR) is 116 cm³/mol. The summed E-state index contributed by atoms with van der Waals surface area (Å²) in [5.41, 5.74) is 1.39. The van der Waals surface area contributed by atoms with Gasteiger partial charge >= 0.3 is 0 Å². The van der Waals surface area contributed by atoms with E-state index in [1.807, 2.05) is 30.3 Å². The first kappa shape index (κ1) is 19.6. The second kappa shape index (κ2) is 8.43. The van der Waals surface area contributed by atoms with Crippen molar-refractivity contribution in [2.45, 2.75) is 37.2 Å². The van der Waals surface area contributed by atoms with Crippen molar-refractivity contribution in [2.75, 3.05) is 6.79 Å². The molecule has 9 heteroatoms. The number of hydrogen-bond acceptors (Lipinski definition) is 8. The Hall–Kier alpha value is -3.33. The minimum Gasteiger partial charge on any atom is -0.454 e. The van der Waals surface area contributed by atoms with Gasteiger partial charge in [0.05, 0.1) is 16.7 Å². The lowest BCUT2D eigenvalue weighted by atomic mass is 10.2. The van der Waals surface area contributed by atoms with Crippen molar-refractivity contribution >= 4 is 22.7 Å². The molecule has 0 fully saturated rings. The molecule has 0 N–H and O–H groups in total. The number of hydrogen-bond donors (Lipinski definition) is 0. The van der Waals surface area contributed by atoms with Gasteiger partial charge in [-0.1, -0.05) is 60.6 Å². The summed E-state index contributed by atoms with van der Waals surface area (Å²) >= 11 is 1.40. The SMILES string of the molecule is CCCCn1c(SCc2nc(-c3ccccc3)no2)nc2cc3c(cc2c1=O)OCO3. The summed E-state index contributed by atoms with van der Waals surface area (Å²) in [6.07, 6.45) is 1.85. The quantitative estimate of drug-likeness (QED) is 0.313. The van der Waals surface area contributed by atoms with Gasteiger partial charge in [-0.15, -0.1) is 0 Å². The lowest BCUT2D eigenvalue weighted by molar-refractivity contribution is 0.174. The molecule has 0 bridgehead atoms. The van der Waals surface area contributed by atoms with Crippen LogP contribution in [0.2, 0.25) is 0 Å². The molecule has 2 aromatic carbocycles. The van der Waals surface area contributed by atoms with E-state index in [0.29, 0.717) is 51.6 Å². The van der Waals surface area contributed by atoms with Gasteiger partial charge in [0.2, 0.25) is 18.5 Å². The van der Waals surface area contributed by atoms with E-state index in [1.165, 1.54) is 11.8 Å². The summed E-state index contributed by atoms with van der Waals surface area (Å²) in [5.74, 6) is 2.61. The van der Waals surface area contributed by atoms with Crippen LogP contribution in [0.5, 0.6) is 11.5 Å². The summed E-state index contributed by atoms with van der Waals surface area (Å²) in [7, 11) is 0. The third-order valence-electron chi connectivity index (χ3n) is 4.97. The highest BCUT2D eigenvalue weighted by atomic mass is 32.2. The Balaban J connectivity index is 1.46. The number of unbranched alkanes of at least 4 members (excludes halogenated alkanes) is 1. The summed E-state index contributed by atoms with van der Waals surface area (Å²) in [4.78, 5) is 22.4. The molecule has 0 amide bonds. The first-order valence-corrected chi connectivity index (χ1v) is 11.1. The van der Waals surface area contributed by atoms with Gasteiger partial charge in [0, 0.05) is 18.2 Å². The summed E-state index contributed by atoms with van der Waals surface area (Å²) in [6.45, 7) is 2.83. The van der Waals surface area contributed by atoms with Crippen LogP contribution < -0.4 is 15.0 Å². The molecule has 0 spiro atoms. The third kappa shape index (κ3) is 3.88. The molecule has 5 rings (SSSR count). The molecule has 0 saturated heterocycles. The maximum atomic E-state index is 13.2. The molecule has 0 radical (unpaired) electrons. The van der Waals surface area contributed by atoms with E-state index < -0.39 is 0 Å². The minimum absolute atomic E-state index is 0.0882. The third-order valence-corrected chi connectivity index (χ3v) is 5.93. The molecular weight excluding hydrogens is 416 g/mol. The largest absolute Gasteiger partial charge is 0.454 e. The lowest BCUT2D eigenvalue weighted by Crippen LogP contribution is -2.23. The molecule has 3 heterocycles. The van der Waals surface area contributed by atoms with Gasteiger partial charge in [-0.25, -0.2) is 4.98 Å². The smallest absolute Gasteiger partial charge is 0.262 e. The van der Waals surface area contributed by atoms with E-state index in [-0.39, 0.29) is 12.4 Å². The molecule has 2 aromatic heterocycles. The molecule has 0 unspecified atom stereocenters. The van der Waals surface area contributed by atoms with Gasteiger partial charge in [-0.3, -0.25) is 9.36 Å². The monoisotopic (exact) mass is 436 g/mol. The van der Waals surface area contributed by atoms with E-state index in [1.54, 1.807) is 16.7 Å². The second-order valence-corrected chi connectivity index (χ2v) is 8.04. The Bertz CT molecular complexity index is 1290. The van der Waals surface area contributed by atoms with Crippen LogP contribution in [0.25, 0.3) is 22.3 Å². The molecule has 8 nitrogen and oxygen atoms in total. The van der Waals surface area contributed by atoms with Crippen LogP contribution >= 0.6 is 11.8 Å². The van der Waals surface area contributed by atoms with Crippen molar-refractivity contribution in [2.24, 2.45) is 0 Å². The van der Waals surface area contributed by atoms with Crippen LogP contribution in [0.3, 0.4) is 0 Å². The Morgan fingerprint density at radius 3 is 2.71 bits per heavy atom. The number of benzene rings is 2. The van der Waals surface area contributed by atoms with Crippen LogP contribution in [0.15, 0.2) is 56.9 Å². The Labute approximate surface area is 182 Å². The van der Waals surface area contributed by atoms with Gasteiger partial charge in [-0.05, 0) is 12.5 Å². The van der Waals surface area contributed by atoms with Crippen LogP contribution in [0.4, 0.5) is 0 Å². The summed E-state index contributed by atoms with van der Waals surface area (Å²) < 4.78 is 18.0. The number of rotatable bonds is 7. The second-order valence-electron chi connectivity index (χ2n) is 7.09. The fourth-order valence-electron chi connectivity index (χ4n) is 3.36. The summed E-state index contributed by atoms with van der Waals surface area (Å²) in [5, 5.41) is 5.20. The molecule has 1 aliphatic rings. The number of ether oxygens (including phenoxy) is 2. The van der Waals surface area contributed by atoms with Crippen LogP contribution in [-0.2, 0) is 12.3 Å². The van der Waals surface area contributed by atoms with Crippen molar-refractivity contribution in [3.63, 3.8) is 0 Å². The summed E-state index contributed by atoms with van der Waals surface area (Å²) in [6, 6.07) is 13.1. The van der Waals surface area contributed by atoms with E-state index in [4.69, 9.17) is 19.0 Å². The van der Waals surface area contributed by atoms with Gasteiger partial charge in [0.25, 0.3) is 5.56 Å². The number of thioether (sulfide) groups is 1. The standard InChI is InChI=1S/C22H20N4O4S/c1-2-3-9-26-21(27)15-10-17-18(29-13-28-17)11-16(15)23-22(26)31-12-19-24-20(25-30-19)14-7-5-4-6-8-14/h4-8,10-11H,2-3,9,12-13H2,1H3. The number of aromatic nitrogens is 4. The highest BCUT2D eigenvalue weighted by Gasteiger charge is 2.19. The molecule has 4 aromatic rings. The average molecular weight is 436 g/mol. The normalized spacial score (nSPS) is 12.5. The number of fused-ring (bicyclic) bond motifs is 2. The van der Waals surface area contributed by atoms with Gasteiger partial charge < -0.3 is 14.0 Å². The van der Waals surface area contributed by atoms with Crippen molar-refractivity contribution in [3.8, 4) is 22.9 Å². The molecule has 0 saturated carbocycles. The van der Waals surface area contributed by atoms with Crippen LogP contribution in [0.1, 0.15) is 25.7 Å². The number of nitrogens with zero attached hydrogens (tertiary/aromatic N) is 4. The topological polar surface area (TPSA) is 92.3 Å². The first-order valence-electron chi connectivity index (χ1n) is 10.1. The average Bonchev–Trinajstić information content (AvgIpc) is 3.46. The van der Waals surface area contributed by atoms with Crippen molar-refractivity contribution < 1.29 is 14.0 Å². The van der Waals surface area contributed by atoms with E-state index in [2.05, 4.69) is 17.1 Å². The van der Waals surface area contributed by atoms with Crippen molar-refractivity contribution in [1.29, 1.82) is 0 Å². The van der Waals surface area contributed by atoms with Crippen LogP contribution in [-0.4, -0.2) is 26.5 Å². The van der Waals surface area contributed by atoms with Gasteiger partial charge in [0.15, 0.2) is 16.7 Å². The molecule has 31 heavy (non-hydrogen) atoms. The fraction of sp³-hybridized carbons (Fsp3) is 0.273. The predicted octanol–water partition coefficient (Wildman–Crippen LogP) is 4.27. The first-order chi connectivity index (χ1) is 15.2. The fourth-order valence-corrected chi connectivity index (χ4v) is 4.22. The van der Waals surface area contributed by atoms with Gasteiger partial charge in [0.1, 0.15) is 0 Å². The highest BCUT2D eigenvalue weighted by molar-refractivity contribution is 7.98. The zero-order valence-electron chi connectivity index (χ0n) is 16.9. The molecule has 0 aliphatic carbocycles. The zero-order chi connectivity index (χ0) is 21.2. The van der Waals surface area contributed by atoms with Crippen molar-refractivity contribution in [1.82, 2.24) is 19.7 Å². The van der Waals surface area contributed by atoms with Crippen molar-refractivity contribution in [3.05, 3.63) is 58.7 Å². The molecular formula is C22H20N4O4S. The Kier molecular flexibility index (Phi) is 5.33. The van der Waals surface area contributed by atoms with Crippen LogP contribution in [0, 0.1) is 0 Å². The van der Waals surface area contributed by atoms with E-state index >= 15 is 0 Å². The maximum Gasteiger partial charge on any atom is 0.262 e. The minimum atomic E-state index is -0.0882. The Morgan fingerprint density at radius 2 is 1.90 bits per heavy atom.